The molecule has 0 aromatic rings. The van der Waals surface area contributed by atoms with Gasteiger partial charge in [0.2, 0.25) is 0 Å². The zero-order valence-corrected chi connectivity index (χ0v) is 9.84. The van der Waals surface area contributed by atoms with E-state index in [9.17, 15) is 0 Å². The molecule has 0 aliphatic heterocycles. The molecule has 86 valence electrons. The van der Waals surface area contributed by atoms with Gasteiger partial charge in [-0.15, -0.1) is 0 Å². The first kappa shape index (κ1) is 14.0. The lowest BCUT2D eigenvalue weighted by molar-refractivity contribution is 0.214. The van der Waals surface area contributed by atoms with Gasteiger partial charge in [0.15, 0.2) is 0 Å². The Hall–Kier alpha value is 0. The molecule has 0 N–H and O–H groups in total. The van der Waals surface area contributed by atoms with Crippen molar-refractivity contribution in [1.29, 1.82) is 0 Å². The minimum Gasteiger partial charge on any atom is -0.0776 e. The van der Waals surface area contributed by atoms with Crippen LogP contribution in [0.5, 0.6) is 0 Å². The van der Waals surface area contributed by atoms with Crippen LogP contribution < -0.4 is 0 Å². The van der Waals surface area contributed by atoms with Crippen molar-refractivity contribution in [2.75, 3.05) is 0 Å². The summed E-state index contributed by atoms with van der Waals surface area (Å²) < 4.78 is 0. The first-order valence-electron chi connectivity index (χ1n) is 6.29. The molecule has 0 bridgehead atoms. The zero-order valence-electron chi connectivity index (χ0n) is 9.84. The smallest absolute Gasteiger partial charge is 0.0357 e. The molecule has 0 aromatic heterocycles. The Morgan fingerprint density at radius 3 is 1.50 bits per heavy atom. The van der Waals surface area contributed by atoms with Crippen molar-refractivity contribution in [3.63, 3.8) is 0 Å². The minimum atomic E-state index is 0. The summed E-state index contributed by atoms with van der Waals surface area (Å²) in [5.41, 5.74) is 0. The second kappa shape index (κ2) is 6.48. The Morgan fingerprint density at radius 1 is 0.786 bits per heavy atom. The van der Waals surface area contributed by atoms with Crippen LogP contribution in [-0.4, -0.2) is 0 Å². The highest BCUT2D eigenvalue weighted by molar-refractivity contribution is 4.89. The van der Waals surface area contributed by atoms with E-state index in [1.165, 1.54) is 32.1 Å². The van der Waals surface area contributed by atoms with E-state index in [-0.39, 0.29) is 7.43 Å². The third-order valence-electron chi connectivity index (χ3n) is 4.08. The summed E-state index contributed by atoms with van der Waals surface area (Å²) in [6.45, 7) is 8.93. The molecule has 2 fully saturated rings. The number of hydrogen-bond acceptors (Lipinski definition) is 0. The topological polar surface area (TPSA) is 0 Å². The van der Waals surface area contributed by atoms with Gasteiger partial charge in [-0.3, -0.25) is 0 Å². The predicted octanol–water partition coefficient (Wildman–Crippen LogP) is 5.13. The number of hydrogen-bond donors (Lipinski definition) is 0. The lowest BCUT2D eigenvalue weighted by Gasteiger charge is -2.29. The molecule has 0 spiro atoms. The summed E-state index contributed by atoms with van der Waals surface area (Å²) >= 11 is 0. The van der Waals surface area contributed by atoms with Gasteiger partial charge in [0.1, 0.15) is 0 Å². The van der Waals surface area contributed by atoms with Gasteiger partial charge < -0.3 is 0 Å². The Balaban J connectivity index is 0.000000531. The van der Waals surface area contributed by atoms with Crippen LogP contribution in [0, 0.1) is 23.7 Å². The van der Waals surface area contributed by atoms with Crippen LogP contribution in [0.3, 0.4) is 0 Å². The molecule has 0 heteroatoms. The fraction of sp³-hybridized carbons (Fsp3) is 1.00. The largest absolute Gasteiger partial charge is 0.0776 e. The van der Waals surface area contributed by atoms with E-state index < -0.39 is 0 Å². The van der Waals surface area contributed by atoms with Crippen molar-refractivity contribution in [3.05, 3.63) is 0 Å². The summed E-state index contributed by atoms with van der Waals surface area (Å²) in [5.74, 6) is 4.29. The first-order chi connectivity index (χ1) is 6.29. The lowest BCUT2D eigenvalue weighted by Crippen LogP contribution is -2.19. The average molecular weight is 198 g/mol. The monoisotopic (exact) mass is 198 g/mol. The number of fused-ring (bicyclic) bond motifs is 1. The highest BCUT2D eigenvalue weighted by atomic mass is 14.4. The summed E-state index contributed by atoms with van der Waals surface area (Å²) in [6.07, 6.45) is 7.61. The van der Waals surface area contributed by atoms with Gasteiger partial charge in [0.25, 0.3) is 0 Å². The molecule has 0 amide bonds. The van der Waals surface area contributed by atoms with E-state index in [0.29, 0.717) is 0 Å². The van der Waals surface area contributed by atoms with Crippen molar-refractivity contribution >= 4 is 0 Å². The SMILES string of the molecule is C.CC.CC1CC(C)C2CCCCC12. The molecule has 0 heterocycles. The van der Waals surface area contributed by atoms with Crippen LogP contribution in [0.2, 0.25) is 0 Å². The average Bonchev–Trinajstić information content (AvgIpc) is 2.47. The van der Waals surface area contributed by atoms with E-state index in [0.717, 1.165) is 23.7 Å². The predicted molar refractivity (Wildman–Crippen MR) is 66.5 cm³/mol. The third kappa shape index (κ3) is 2.74. The molecule has 0 nitrogen and oxygen atoms in total. The Kier molecular flexibility index (Phi) is 6.48. The van der Waals surface area contributed by atoms with Crippen molar-refractivity contribution in [2.24, 2.45) is 23.7 Å². The van der Waals surface area contributed by atoms with E-state index in [1.807, 2.05) is 13.8 Å². The molecule has 0 radical (unpaired) electrons. The van der Waals surface area contributed by atoms with Crippen LogP contribution in [0.1, 0.15) is 67.2 Å². The molecule has 2 rings (SSSR count). The van der Waals surface area contributed by atoms with Crippen LogP contribution >= 0.6 is 0 Å². The number of rotatable bonds is 0. The standard InChI is InChI=1S/C11H20.C2H6.CH4/c1-8-7-9(2)11-6-4-3-5-10(8)11;1-2;/h8-11H,3-7H2,1-2H3;1-2H3;1H4. The minimum absolute atomic E-state index is 0. The van der Waals surface area contributed by atoms with Gasteiger partial charge >= 0.3 is 0 Å². The molecular weight excluding hydrogens is 168 g/mol. The Labute approximate surface area is 91.5 Å². The fourth-order valence-corrected chi connectivity index (χ4v) is 3.54. The molecule has 0 saturated heterocycles. The van der Waals surface area contributed by atoms with E-state index in [2.05, 4.69) is 13.8 Å². The van der Waals surface area contributed by atoms with Crippen molar-refractivity contribution in [3.8, 4) is 0 Å². The summed E-state index contributed by atoms with van der Waals surface area (Å²) in [6, 6.07) is 0. The second-order valence-corrected chi connectivity index (χ2v) is 4.80. The first-order valence-corrected chi connectivity index (χ1v) is 6.29. The highest BCUT2D eigenvalue weighted by Gasteiger charge is 2.39. The quantitative estimate of drug-likeness (QED) is 0.506. The molecular formula is C14H30. The zero-order chi connectivity index (χ0) is 9.84. The summed E-state index contributed by atoms with van der Waals surface area (Å²) in [5, 5.41) is 0. The van der Waals surface area contributed by atoms with Crippen LogP contribution in [-0.2, 0) is 0 Å². The molecule has 4 atom stereocenters. The molecule has 0 aromatic carbocycles. The fourth-order valence-electron chi connectivity index (χ4n) is 3.54. The maximum Gasteiger partial charge on any atom is -0.0357 e. The van der Waals surface area contributed by atoms with Gasteiger partial charge in [0.05, 0.1) is 0 Å². The maximum absolute atomic E-state index is 2.46. The van der Waals surface area contributed by atoms with Gasteiger partial charge in [-0.25, -0.2) is 0 Å². The Bertz CT molecular complexity index is 123. The lowest BCUT2D eigenvalue weighted by atomic mass is 9.77. The van der Waals surface area contributed by atoms with Crippen molar-refractivity contribution < 1.29 is 0 Å². The second-order valence-electron chi connectivity index (χ2n) is 4.80. The Morgan fingerprint density at radius 2 is 1.14 bits per heavy atom. The van der Waals surface area contributed by atoms with Gasteiger partial charge in [-0.2, -0.15) is 0 Å². The van der Waals surface area contributed by atoms with Crippen molar-refractivity contribution in [1.82, 2.24) is 0 Å². The van der Waals surface area contributed by atoms with Crippen molar-refractivity contribution in [2.45, 2.75) is 67.2 Å². The molecule has 2 aliphatic rings. The maximum atomic E-state index is 2.46. The molecule has 2 aliphatic carbocycles. The summed E-state index contributed by atoms with van der Waals surface area (Å²) in [7, 11) is 0. The normalized spacial score (nSPS) is 40.3. The van der Waals surface area contributed by atoms with Crippen LogP contribution in [0.15, 0.2) is 0 Å². The van der Waals surface area contributed by atoms with Gasteiger partial charge in [-0.1, -0.05) is 48.0 Å². The highest BCUT2D eigenvalue weighted by Crippen LogP contribution is 2.48. The third-order valence-corrected chi connectivity index (χ3v) is 4.08. The molecule has 14 heavy (non-hydrogen) atoms. The van der Waals surface area contributed by atoms with E-state index in [4.69, 9.17) is 0 Å². The van der Waals surface area contributed by atoms with Crippen LogP contribution in [0.4, 0.5) is 0 Å². The molecule has 4 unspecified atom stereocenters. The van der Waals surface area contributed by atoms with E-state index in [1.54, 1.807) is 0 Å². The van der Waals surface area contributed by atoms with Crippen LogP contribution in [0.25, 0.3) is 0 Å². The van der Waals surface area contributed by atoms with E-state index >= 15 is 0 Å². The van der Waals surface area contributed by atoms with Gasteiger partial charge in [-0.05, 0) is 42.9 Å². The summed E-state index contributed by atoms with van der Waals surface area (Å²) in [4.78, 5) is 0. The van der Waals surface area contributed by atoms with Gasteiger partial charge in [0, 0.05) is 0 Å². The molecule has 2 saturated carbocycles.